The zero-order chi connectivity index (χ0) is 25.7. The molecular formula is C27H36F3N5O. The van der Waals surface area contributed by atoms with Gasteiger partial charge in [-0.05, 0) is 89.6 Å². The summed E-state index contributed by atoms with van der Waals surface area (Å²) in [5.41, 5.74) is 1.91. The van der Waals surface area contributed by atoms with Gasteiger partial charge in [-0.2, -0.15) is 23.0 Å². The van der Waals surface area contributed by atoms with Crippen LogP contribution in [0, 0.1) is 6.92 Å². The van der Waals surface area contributed by atoms with Gasteiger partial charge in [0, 0.05) is 49.1 Å². The molecule has 4 heterocycles. The van der Waals surface area contributed by atoms with Gasteiger partial charge in [-0.1, -0.05) is 6.07 Å². The summed E-state index contributed by atoms with van der Waals surface area (Å²) < 4.78 is 42.3. The average molecular weight is 504 g/mol. The molecule has 0 saturated carbocycles. The van der Waals surface area contributed by atoms with Crippen LogP contribution in [-0.4, -0.2) is 62.9 Å². The first kappa shape index (κ1) is 25.1. The van der Waals surface area contributed by atoms with E-state index in [4.69, 9.17) is 0 Å². The third-order valence-corrected chi connectivity index (χ3v) is 8.63. The Morgan fingerprint density at radius 2 is 1.75 bits per heavy atom. The highest BCUT2D eigenvalue weighted by Gasteiger charge is 2.44. The number of hydrogen-bond donors (Lipinski definition) is 0. The fourth-order valence-electron chi connectivity index (χ4n) is 6.58. The van der Waals surface area contributed by atoms with Crippen LogP contribution in [0.4, 0.5) is 23.7 Å². The van der Waals surface area contributed by atoms with E-state index < -0.39 is 11.7 Å². The molecule has 1 amide bonds. The first-order chi connectivity index (χ1) is 17.1. The highest BCUT2D eigenvalue weighted by molar-refractivity contribution is 5.76. The van der Waals surface area contributed by atoms with Crippen LogP contribution in [-0.2, 0) is 12.7 Å². The molecule has 0 bridgehead atoms. The number of aryl methyl sites for hydroxylation is 1. The third kappa shape index (κ3) is 4.62. The largest absolute Gasteiger partial charge is 0.416 e. The number of carbonyl (C=O) groups excluding carboxylic acids is 1. The van der Waals surface area contributed by atoms with Gasteiger partial charge >= 0.3 is 12.2 Å². The number of piperidine rings is 1. The van der Waals surface area contributed by atoms with Gasteiger partial charge in [0.2, 0.25) is 0 Å². The molecule has 36 heavy (non-hydrogen) atoms. The smallest absolute Gasteiger partial charge is 0.366 e. The van der Waals surface area contributed by atoms with Crippen molar-refractivity contribution in [2.24, 2.45) is 0 Å². The molecule has 0 N–H and O–H groups in total. The minimum absolute atomic E-state index is 0.0149. The van der Waals surface area contributed by atoms with E-state index in [-0.39, 0.29) is 23.7 Å². The SMILES string of the molecule is Cc1ccn(C(=O)N2CCC3(CCCN3Cc3ccc(C(F)(F)F)cc3N3C(C)CCC3C)CC2)n1. The molecule has 3 saturated heterocycles. The van der Waals surface area contributed by atoms with Crippen molar-refractivity contribution in [2.45, 2.75) is 89.6 Å². The zero-order valence-electron chi connectivity index (χ0n) is 21.4. The lowest BCUT2D eigenvalue weighted by Crippen LogP contribution is -2.53. The Kier molecular flexibility index (Phi) is 6.55. The van der Waals surface area contributed by atoms with Crippen molar-refractivity contribution in [3.63, 3.8) is 0 Å². The second kappa shape index (κ2) is 9.39. The number of alkyl halides is 3. The Bertz CT molecular complexity index is 1100. The van der Waals surface area contributed by atoms with Crippen molar-refractivity contribution >= 4 is 11.7 Å². The van der Waals surface area contributed by atoms with Gasteiger partial charge in [0.25, 0.3) is 0 Å². The molecule has 9 heteroatoms. The van der Waals surface area contributed by atoms with Gasteiger partial charge in [-0.15, -0.1) is 0 Å². The number of aromatic nitrogens is 2. The number of likely N-dealkylation sites (tertiary alicyclic amines) is 2. The highest BCUT2D eigenvalue weighted by Crippen LogP contribution is 2.43. The Morgan fingerprint density at radius 3 is 2.36 bits per heavy atom. The van der Waals surface area contributed by atoms with Crippen LogP contribution in [0.3, 0.4) is 0 Å². The maximum atomic E-state index is 13.6. The van der Waals surface area contributed by atoms with Gasteiger partial charge in [-0.3, -0.25) is 4.90 Å². The van der Waals surface area contributed by atoms with Crippen molar-refractivity contribution in [3.05, 3.63) is 47.3 Å². The predicted molar refractivity (Wildman–Crippen MR) is 133 cm³/mol. The summed E-state index contributed by atoms with van der Waals surface area (Å²) in [5.74, 6) is 0. The number of benzene rings is 1. The number of anilines is 1. The fraction of sp³-hybridized carbons (Fsp3) is 0.630. The molecule has 1 aromatic heterocycles. The van der Waals surface area contributed by atoms with Crippen molar-refractivity contribution < 1.29 is 18.0 Å². The van der Waals surface area contributed by atoms with Gasteiger partial charge in [0.1, 0.15) is 0 Å². The minimum atomic E-state index is -4.36. The van der Waals surface area contributed by atoms with Crippen molar-refractivity contribution in [2.75, 3.05) is 24.5 Å². The molecule has 3 aliphatic rings. The van der Waals surface area contributed by atoms with Crippen LogP contribution in [0.15, 0.2) is 30.5 Å². The summed E-state index contributed by atoms with van der Waals surface area (Å²) in [6.07, 6.45) is 3.18. The summed E-state index contributed by atoms with van der Waals surface area (Å²) in [5, 5.41) is 4.26. The molecule has 1 spiro atoms. The summed E-state index contributed by atoms with van der Waals surface area (Å²) >= 11 is 0. The summed E-state index contributed by atoms with van der Waals surface area (Å²) in [6.45, 7) is 8.97. The summed E-state index contributed by atoms with van der Waals surface area (Å²) in [6, 6.07) is 6.46. The van der Waals surface area contributed by atoms with Gasteiger partial charge in [0.05, 0.1) is 11.3 Å². The maximum Gasteiger partial charge on any atom is 0.416 e. The average Bonchev–Trinajstić information content (AvgIpc) is 3.53. The lowest BCUT2D eigenvalue weighted by Gasteiger charge is -2.45. The van der Waals surface area contributed by atoms with Gasteiger partial charge in [0.15, 0.2) is 0 Å². The number of amides is 1. The number of carbonyl (C=O) groups is 1. The zero-order valence-corrected chi connectivity index (χ0v) is 21.4. The number of hydrogen-bond acceptors (Lipinski definition) is 4. The Labute approximate surface area is 211 Å². The Hall–Kier alpha value is -2.55. The van der Waals surface area contributed by atoms with Crippen LogP contribution < -0.4 is 4.90 Å². The second-order valence-electron chi connectivity index (χ2n) is 10.9. The Morgan fingerprint density at radius 1 is 1.06 bits per heavy atom. The lowest BCUT2D eigenvalue weighted by atomic mass is 9.84. The number of nitrogens with zero attached hydrogens (tertiary/aromatic N) is 5. The predicted octanol–water partition coefficient (Wildman–Crippen LogP) is 5.69. The second-order valence-corrected chi connectivity index (χ2v) is 10.9. The molecule has 3 aliphatic heterocycles. The van der Waals surface area contributed by atoms with Crippen LogP contribution in [0.2, 0.25) is 0 Å². The van der Waals surface area contributed by atoms with Crippen molar-refractivity contribution in [1.82, 2.24) is 19.6 Å². The van der Waals surface area contributed by atoms with Crippen LogP contribution >= 0.6 is 0 Å². The summed E-state index contributed by atoms with van der Waals surface area (Å²) in [4.78, 5) is 19.4. The molecule has 2 aromatic rings. The molecule has 2 unspecified atom stereocenters. The summed E-state index contributed by atoms with van der Waals surface area (Å²) in [7, 11) is 0. The molecule has 1 aromatic carbocycles. The number of rotatable bonds is 3. The van der Waals surface area contributed by atoms with Crippen LogP contribution in [0.25, 0.3) is 0 Å². The first-order valence-electron chi connectivity index (χ1n) is 13.1. The topological polar surface area (TPSA) is 44.6 Å². The standard InChI is InChI=1S/C27H36F3N5O/c1-19-9-14-34(31-19)25(36)32-15-11-26(12-16-32)10-4-13-33(26)18-22-7-8-23(27(28,29)30)17-24(22)35-20(2)5-6-21(35)3/h7-9,14,17,20-21H,4-6,10-13,15-16,18H2,1-3H3. The van der Waals surface area contributed by atoms with E-state index in [1.165, 1.54) is 16.8 Å². The van der Waals surface area contributed by atoms with E-state index in [0.717, 1.165) is 62.0 Å². The van der Waals surface area contributed by atoms with Crippen LogP contribution in [0.5, 0.6) is 0 Å². The fourth-order valence-corrected chi connectivity index (χ4v) is 6.58. The molecule has 6 nitrogen and oxygen atoms in total. The Balaban J connectivity index is 1.36. The quantitative estimate of drug-likeness (QED) is 0.540. The van der Waals surface area contributed by atoms with Gasteiger partial charge in [-0.25, -0.2) is 4.79 Å². The van der Waals surface area contributed by atoms with Crippen molar-refractivity contribution in [3.8, 4) is 0 Å². The molecular weight excluding hydrogens is 467 g/mol. The number of halogens is 3. The van der Waals surface area contributed by atoms with E-state index in [1.807, 2.05) is 17.9 Å². The first-order valence-corrected chi connectivity index (χ1v) is 13.1. The van der Waals surface area contributed by atoms with Crippen molar-refractivity contribution in [1.29, 1.82) is 0 Å². The third-order valence-electron chi connectivity index (χ3n) is 8.63. The van der Waals surface area contributed by atoms with E-state index in [1.54, 1.807) is 12.3 Å². The van der Waals surface area contributed by atoms with Gasteiger partial charge < -0.3 is 9.80 Å². The molecule has 2 atom stereocenters. The molecule has 196 valence electrons. The highest BCUT2D eigenvalue weighted by atomic mass is 19.4. The van der Waals surface area contributed by atoms with E-state index in [9.17, 15) is 18.0 Å². The lowest BCUT2D eigenvalue weighted by molar-refractivity contribution is -0.137. The molecule has 0 aliphatic carbocycles. The molecule has 3 fully saturated rings. The molecule has 0 radical (unpaired) electrons. The minimum Gasteiger partial charge on any atom is -0.366 e. The maximum absolute atomic E-state index is 13.6. The van der Waals surface area contributed by atoms with E-state index >= 15 is 0 Å². The molecule has 5 rings (SSSR count). The van der Waals surface area contributed by atoms with E-state index in [2.05, 4.69) is 28.7 Å². The monoisotopic (exact) mass is 503 g/mol. The van der Waals surface area contributed by atoms with Crippen LogP contribution in [0.1, 0.15) is 69.2 Å². The normalized spacial score (nSPS) is 24.7. The van der Waals surface area contributed by atoms with E-state index in [0.29, 0.717) is 19.6 Å².